The summed E-state index contributed by atoms with van der Waals surface area (Å²) < 4.78 is 3.55. The van der Waals surface area contributed by atoms with Gasteiger partial charge in [0.25, 0.3) is 0 Å². The Bertz CT molecular complexity index is 813. The third-order valence-corrected chi connectivity index (χ3v) is 4.77. The van der Waals surface area contributed by atoms with Crippen molar-refractivity contribution in [2.75, 3.05) is 0 Å². The molecule has 25 heavy (non-hydrogen) atoms. The molecule has 2 unspecified atom stereocenters. The lowest BCUT2D eigenvalue weighted by Crippen LogP contribution is -2.22. The fourth-order valence-electron chi connectivity index (χ4n) is 3.39. The van der Waals surface area contributed by atoms with Crippen molar-refractivity contribution in [3.05, 3.63) is 48.0 Å². The molecule has 4 rings (SSSR count). The molecule has 0 spiro atoms. The minimum Gasteiger partial charge on any atom is -0.392 e. The Morgan fingerprint density at radius 2 is 1.88 bits per heavy atom. The van der Waals surface area contributed by atoms with Crippen molar-refractivity contribution in [2.24, 2.45) is 0 Å². The number of aromatic nitrogens is 7. The summed E-state index contributed by atoms with van der Waals surface area (Å²) in [6.07, 6.45) is 6.35. The van der Waals surface area contributed by atoms with Gasteiger partial charge in [-0.15, -0.1) is 10.2 Å². The SMILES string of the molecule is OC1CCCCC1c1cn(CCc2nnnn2-c2ccccc2)nn1. The number of aliphatic hydroxyl groups excluding tert-OH is 1. The van der Waals surface area contributed by atoms with Crippen LogP contribution in [0.4, 0.5) is 0 Å². The smallest absolute Gasteiger partial charge is 0.158 e. The highest BCUT2D eigenvalue weighted by atomic mass is 16.3. The molecule has 2 heterocycles. The van der Waals surface area contributed by atoms with Crippen molar-refractivity contribution in [3.63, 3.8) is 0 Å². The maximum absolute atomic E-state index is 10.2. The highest BCUT2D eigenvalue weighted by Crippen LogP contribution is 2.31. The summed E-state index contributed by atoms with van der Waals surface area (Å²) in [7, 11) is 0. The lowest BCUT2D eigenvalue weighted by Gasteiger charge is -2.25. The number of benzene rings is 1. The Balaban J connectivity index is 1.44. The van der Waals surface area contributed by atoms with E-state index in [4.69, 9.17) is 0 Å². The van der Waals surface area contributed by atoms with Crippen LogP contribution in [0, 0.1) is 0 Å². The molecule has 2 aromatic heterocycles. The molecule has 3 aromatic rings. The zero-order chi connectivity index (χ0) is 17.1. The Morgan fingerprint density at radius 3 is 2.72 bits per heavy atom. The first kappa shape index (κ1) is 15.9. The van der Waals surface area contributed by atoms with Gasteiger partial charge in [-0.05, 0) is 35.4 Å². The van der Waals surface area contributed by atoms with E-state index < -0.39 is 0 Å². The number of tetrazole rings is 1. The van der Waals surface area contributed by atoms with Crippen molar-refractivity contribution < 1.29 is 5.11 Å². The standard InChI is InChI=1S/C17H21N7O/c25-16-9-5-4-8-14(16)15-12-23(21-18-15)11-10-17-19-20-22-24(17)13-6-2-1-3-7-13/h1-3,6-7,12,14,16,25H,4-5,8-11H2. The Morgan fingerprint density at radius 1 is 1.04 bits per heavy atom. The summed E-state index contributed by atoms with van der Waals surface area (Å²) in [6, 6.07) is 9.82. The third kappa shape index (κ3) is 3.43. The topological polar surface area (TPSA) is 94.5 Å². The lowest BCUT2D eigenvalue weighted by molar-refractivity contribution is 0.104. The van der Waals surface area contributed by atoms with Gasteiger partial charge in [0, 0.05) is 25.1 Å². The highest BCUT2D eigenvalue weighted by Gasteiger charge is 2.26. The van der Waals surface area contributed by atoms with Gasteiger partial charge >= 0.3 is 0 Å². The molecule has 0 radical (unpaired) electrons. The molecule has 1 aromatic carbocycles. The fraction of sp³-hybridized carbons (Fsp3) is 0.471. The predicted octanol–water partition coefficient (Wildman–Crippen LogP) is 1.51. The third-order valence-electron chi connectivity index (χ3n) is 4.77. The summed E-state index contributed by atoms with van der Waals surface area (Å²) in [5.41, 5.74) is 1.82. The first-order valence-corrected chi connectivity index (χ1v) is 8.72. The van der Waals surface area contributed by atoms with Gasteiger partial charge in [0.1, 0.15) is 0 Å². The van der Waals surface area contributed by atoms with E-state index in [1.54, 1.807) is 9.36 Å². The van der Waals surface area contributed by atoms with Crippen molar-refractivity contribution in [3.8, 4) is 5.69 Å². The molecule has 1 aliphatic carbocycles. The van der Waals surface area contributed by atoms with Crippen LogP contribution in [0.1, 0.15) is 43.1 Å². The molecule has 0 amide bonds. The van der Waals surface area contributed by atoms with E-state index in [0.29, 0.717) is 13.0 Å². The summed E-state index contributed by atoms with van der Waals surface area (Å²) in [4.78, 5) is 0. The molecule has 1 N–H and O–H groups in total. The quantitative estimate of drug-likeness (QED) is 0.757. The zero-order valence-corrected chi connectivity index (χ0v) is 13.9. The molecular weight excluding hydrogens is 318 g/mol. The number of hydrogen-bond donors (Lipinski definition) is 1. The number of aryl methyl sites for hydroxylation is 2. The average Bonchev–Trinajstić information content (AvgIpc) is 3.30. The summed E-state index contributed by atoms with van der Waals surface area (Å²) in [6.45, 7) is 0.642. The van der Waals surface area contributed by atoms with Crippen LogP contribution in [0.2, 0.25) is 0 Å². The van der Waals surface area contributed by atoms with Crippen LogP contribution in [0.3, 0.4) is 0 Å². The fourth-order valence-corrected chi connectivity index (χ4v) is 3.39. The number of para-hydroxylation sites is 1. The van der Waals surface area contributed by atoms with Crippen LogP contribution in [0.15, 0.2) is 36.5 Å². The van der Waals surface area contributed by atoms with E-state index in [-0.39, 0.29) is 12.0 Å². The van der Waals surface area contributed by atoms with E-state index >= 15 is 0 Å². The van der Waals surface area contributed by atoms with Gasteiger partial charge in [-0.1, -0.05) is 36.3 Å². The van der Waals surface area contributed by atoms with Crippen LogP contribution in [0.25, 0.3) is 5.69 Å². The van der Waals surface area contributed by atoms with Gasteiger partial charge in [0.2, 0.25) is 0 Å². The molecule has 0 saturated heterocycles. The van der Waals surface area contributed by atoms with Crippen LogP contribution < -0.4 is 0 Å². The minimum atomic E-state index is -0.302. The van der Waals surface area contributed by atoms with Gasteiger partial charge in [-0.3, -0.25) is 4.68 Å². The monoisotopic (exact) mass is 339 g/mol. The summed E-state index contributed by atoms with van der Waals surface area (Å²) in [5.74, 6) is 0.887. The normalized spacial score (nSPS) is 20.7. The molecule has 2 atom stereocenters. The van der Waals surface area contributed by atoms with E-state index in [1.807, 2.05) is 36.5 Å². The van der Waals surface area contributed by atoms with Gasteiger partial charge in [0.15, 0.2) is 5.82 Å². The van der Waals surface area contributed by atoms with E-state index in [9.17, 15) is 5.11 Å². The Kier molecular flexibility index (Phi) is 4.51. The molecule has 0 bridgehead atoms. The first-order valence-electron chi connectivity index (χ1n) is 8.72. The lowest BCUT2D eigenvalue weighted by atomic mass is 9.85. The zero-order valence-electron chi connectivity index (χ0n) is 13.9. The van der Waals surface area contributed by atoms with Crippen molar-refractivity contribution in [1.82, 2.24) is 35.2 Å². The number of aliphatic hydroxyl groups is 1. The van der Waals surface area contributed by atoms with Gasteiger partial charge in [-0.2, -0.15) is 4.68 Å². The largest absolute Gasteiger partial charge is 0.392 e. The molecule has 130 valence electrons. The second-order valence-electron chi connectivity index (χ2n) is 6.46. The van der Waals surface area contributed by atoms with Crippen LogP contribution in [0.5, 0.6) is 0 Å². The molecule has 8 heteroatoms. The minimum absolute atomic E-state index is 0.108. The van der Waals surface area contributed by atoms with E-state index in [0.717, 1.165) is 42.9 Å². The predicted molar refractivity (Wildman–Crippen MR) is 90.1 cm³/mol. The molecule has 1 aliphatic rings. The second-order valence-corrected chi connectivity index (χ2v) is 6.46. The van der Waals surface area contributed by atoms with Crippen molar-refractivity contribution in [2.45, 2.75) is 50.7 Å². The molecule has 1 fully saturated rings. The number of nitrogens with zero attached hydrogens (tertiary/aromatic N) is 7. The number of hydrogen-bond acceptors (Lipinski definition) is 6. The Hall–Kier alpha value is -2.61. The van der Waals surface area contributed by atoms with Gasteiger partial charge in [-0.25, -0.2) is 0 Å². The molecule has 8 nitrogen and oxygen atoms in total. The molecule has 1 saturated carbocycles. The number of rotatable bonds is 5. The molecular formula is C17H21N7O. The Labute approximate surface area is 145 Å². The first-order chi connectivity index (χ1) is 12.3. The van der Waals surface area contributed by atoms with Crippen LogP contribution in [-0.4, -0.2) is 46.4 Å². The van der Waals surface area contributed by atoms with Crippen molar-refractivity contribution in [1.29, 1.82) is 0 Å². The van der Waals surface area contributed by atoms with Crippen LogP contribution in [-0.2, 0) is 13.0 Å². The van der Waals surface area contributed by atoms with E-state index in [2.05, 4.69) is 25.8 Å². The summed E-state index contributed by atoms with van der Waals surface area (Å²) >= 11 is 0. The highest BCUT2D eigenvalue weighted by molar-refractivity contribution is 5.30. The van der Waals surface area contributed by atoms with Crippen LogP contribution >= 0.6 is 0 Å². The maximum atomic E-state index is 10.2. The summed E-state index contributed by atoms with van der Waals surface area (Å²) in [5, 5.41) is 30.6. The van der Waals surface area contributed by atoms with Crippen molar-refractivity contribution >= 4 is 0 Å². The average molecular weight is 339 g/mol. The maximum Gasteiger partial charge on any atom is 0.158 e. The molecule has 0 aliphatic heterocycles. The second kappa shape index (κ2) is 7.10. The van der Waals surface area contributed by atoms with Gasteiger partial charge in [0.05, 0.1) is 17.5 Å². The van der Waals surface area contributed by atoms with Gasteiger partial charge < -0.3 is 5.11 Å². The van der Waals surface area contributed by atoms with E-state index in [1.165, 1.54) is 0 Å².